The number of hydrogen-bond donors (Lipinski definition) is 1. The molecule has 1 fully saturated rings. The number of aromatic nitrogens is 7. The highest BCUT2D eigenvalue weighted by atomic mass is 15.5. The van der Waals surface area contributed by atoms with Gasteiger partial charge in [0.1, 0.15) is 0 Å². The van der Waals surface area contributed by atoms with Crippen molar-refractivity contribution in [3.8, 4) is 0 Å². The molecule has 0 amide bonds. The molecular formula is C13H22N8. The highest BCUT2D eigenvalue weighted by Crippen LogP contribution is 2.21. The largest absolute Gasteiger partial charge is 0.297 e. The standard InChI is InChI=1S/C13H22N8/c1-3-21-12(10(2)14-19-21)9-20-6-4-5-11(8-20)7-13-15-17-18-16-13/h11H,3-9H2,1-2H3,(H,15,16,17,18). The number of nitrogens with zero attached hydrogens (tertiary/aromatic N) is 7. The zero-order chi connectivity index (χ0) is 14.7. The molecule has 0 radical (unpaired) electrons. The van der Waals surface area contributed by atoms with Crippen LogP contribution in [0.4, 0.5) is 0 Å². The molecule has 8 nitrogen and oxygen atoms in total. The number of aryl methyl sites for hydroxylation is 2. The number of hydrogen-bond acceptors (Lipinski definition) is 6. The number of H-pyrrole nitrogens is 1. The Bertz CT molecular complexity index is 561. The summed E-state index contributed by atoms with van der Waals surface area (Å²) in [6, 6.07) is 0. The van der Waals surface area contributed by atoms with Gasteiger partial charge in [0.2, 0.25) is 0 Å². The van der Waals surface area contributed by atoms with Crippen LogP contribution in [0.3, 0.4) is 0 Å². The molecule has 2 aromatic heterocycles. The Labute approximate surface area is 123 Å². The number of nitrogens with one attached hydrogen (secondary N) is 1. The normalized spacial score (nSPS) is 20.0. The average molecular weight is 290 g/mol. The summed E-state index contributed by atoms with van der Waals surface area (Å²) in [5, 5.41) is 22.7. The van der Waals surface area contributed by atoms with Gasteiger partial charge in [-0.1, -0.05) is 10.4 Å². The lowest BCUT2D eigenvalue weighted by Gasteiger charge is -2.32. The van der Waals surface area contributed by atoms with E-state index < -0.39 is 0 Å². The van der Waals surface area contributed by atoms with Gasteiger partial charge in [0.05, 0.1) is 11.4 Å². The fraction of sp³-hybridized carbons (Fsp3) is 0.769. The first-order valence-corrected chi connectivity index (χ1v) is 7.60. The first kappa shape index (κ1) is 14.1. The first-order chi connectivity index (χ1) is 10.3. The molecule has 0 saturated carbocycles. The molecule has 1 aliphatic rings. The molecule has 2 aromatic rings. The lowest BCUT2D eigenvalue weighted by Crippen LogP contribution is -2.36. The number of rotatable bonds is 5. The molecule has 1 atom stereocenters. The number of piperidine rings is 1. The van der Waals surface area contributed by atoms with E-state index in [9.17, 15) is 0 Å². The molecule has 0 spiro atoms. The van der Waals surface area contributed by atoms with Crippen LogP contribution in [-0.4, -0.2) is 53.6 Å². The van der Waals surface area contributed by atoms with Gasteiger partial charge in [0, 0.05) is 26.1 Å². The van der Waals surface area contributed by atoms with Gasteiger partial charge in [-0.25, -0.2) is 4.68 Å². The highest BCUT2D eigenvalue weighted by molar-refractivity contribution is 5.08. The molecule has 3 rings (SSSR count). The maximum atomic E-state index is 4.19. The van der Waals surface area contributed by atoms with Crippen LogP contribution in [0.5, 0.6) is 0 Å². The Kier molecular flexibility index (Phi) is 4.23. The minimum absolute atomic E-state index is 0.600. The second-order valence-corrected chi connectivity index (χ2v) is 5.71. The molecule has 1 saturated heterocycles. The SMILES string of the molecule is CCn1nnc(C)c1CN1CCCC(Cc2nn[nH]n2)C1. The summed E-state index contributed by atoms with van der Waals surface area (Å²) < 4.78 is 2.00. The topological polar surface area (TPSA) is 88.4 Å². The van der Waals surface area contributed by atoms with Crippen LogP contribution in [0, 0.1) is 12.8 Å². The van der Waals surface area contributed by atoms with Crippen molar-refractivity contribution in [2.24, 2.45) is 5.92 Å². The maximum absolute atomic E-state index is 4.19. The molecular weight excluding hydrogens is 268 g/mol. The fourth-order valence-electron chi connectivity index (χ4n) is 3.07. The summed E-state index contributed by atoms with van der Waals surface area (Å²) in [5.74, 6) is 1.42. The summed E-state index contributed by atoms with van der Waals surface area (Å²) in [5.41, 5.74) is 2.27. The van der Waals surface area contributed by atoms with Crippen LogP contribution in [-0.2, 0) is 19.5 Å². The molecule has 21 heavy (non-hydrogen) atoms. The predicted octanol–water partition coefficient (Wildman–Crippen LogP) is 0.574. The number of likely N-dealkylation sites (tertiary alicyclic amines) is 1. The van der Waals surface area contributed by atoms with Crippen molar-refractivity contribution < 1.29 is 0 Å². The van der Waals surface area contributed by atoms with Crippen LogP contribution >= 0.6 is 0 Å². The second kappa shape index (κ2) is 6.30. The smallest absolute Gasteiger partial charge is 0.174 e. The molecule has 0 aliphatic carbocycles. The summed E-state index contributed by atoms with van der Waals surface area (Å²) in [4.78, 5) is 2.49. The summed E-state index contributed by atoms with van der Waals surface area (Å²) in [7, 11) is 0. The second-order valence-electron chi connectivity index (χ2n) is 5.71. The minimum Gasteiger partial charge on any atom is -0.297 e. The first-order valence-electron chi connectivity index (χ1n) is 7.60. The van der Waals surface area contributed by atoms with Crippen LogP contribution in [0.15, 0.2) is 0 Å². The molecule has 0 aromatic carbocycles. The van der Waals surface area contributed by atoms with E-state index in [1.165, 1.54) is 18.5 Å². The quantitative estimate of drug-likeness (QED) is 0.866. The van der Waals surface area contributed by atoms with Gasteiger partial charge in [0.25, 0.3) is 0 Å². The van der Waals surface area contributed by atoms with E-state index >= 15 is 0 Å². The third-order valence-electron chi connectivity index (χ3n) is 4.17. The van der Waals surface area contributed by atoms with E-state index in [4.69, 9.17) is 0 Å². The summed E-state index contributed by atoms with van der Waals surface area (Å²) in [6.45, 7) is 8.15. The van der Waals surface area contributed by atoms with Crippen LogP contribution < -0.4 is 0 Å². The van der Waals surface area contributed by atoms with Crippen molar-refractivity contribution in [3.05, 3.63) is 17.2 Å². The third-order valence-corrected chi connectivity index (χ3v) is 4.17. The average Bonchev–Trinajstić information content (AvgIpc) is 3.11. The lowest BCUT2D eigenvalue weighted by atomic mass is 9.94. The van der Waals surface area contributed by atoms with E-state index in [0.717, 1.165) is 44.1 Å². The van der Waals surface area contributed by atoms with Crippen LogP contribution in [0.2, 0.25) is 0 Å². The Morgan fingerprint density at radius 3 is 3.00 bits per heavy atom. The van der Waals surface area contributed by atoms with Crippen LogP contribution in [0.25, 0.3) is 0 Å². The van der Waals surface area contributed by atoms with Gasteiger partial charge < -0.3 is 0 Å². The zero-order valence-corrected chi connectivity index (χ0v) is 12.7. The molecule has 1 N–H and O–H groups in total. The Hall–Kier alpha value is -1.83. The third kappa shape index (κ3) is 3.26. The van der Waals surface area contributed by atoms with Gasteiger partial charge in [-0.2, -0.15) is 5.21 Å². The Morgan fingerprint density at radius 1 is 1.33 bits per heavy atom. The van der Waals surface area contributed by atoms with Crippen molar-refractivity contribution in [1.82, 2.24) is 40.5 Å². The molecule has 8 heteroatoms. The Morgan fingerprint density at radius 2 is 2.24 bits per heavy atom. The van der Waals surface area contributed by atoms with E-state index in [1.807, 2.05) is 11.6 Å². The van der Waals surface area contributed by atoms with E-state index in [-0.39, 0.29) is 0 Å². The molecule has 1 aliphatic heterocycles. The number of aromatic amines is 1. The van der Waals surface area contributed by atoms with Gasteiger partial charge in [-0.3, -0.25) is 4.90 Å². The number of tetrazole rings is 1. The van der Waals surface area contributed by atoms with E-state index in [2.05, 4.69) is 42.8 Å². The summed E-state index contributed by atoms with van der Waals surface area (Å²) in [6.07, 6.45) is 3.35. The van der Waals surface area contributed by atoms with Crippen molar-refractivity contribution in [2.45, 2.75) is 46.2 Å². The van der Waals surface area contributed by atoms with Crippen molar-refractivity contribution in [2.75, 3.05) is 13.1 Å². The van der Waals surface area contributed by atoms with Gasteiger partial charge in [-0.05, 0) is 39.2 Å². The maximum Gasteiger partial charge on any atom is 0.174 e. The van der Waals surface area contributed by atoms with E-state index in [0.29, 0.717) is 5.92 Å². The lowest BCUT2D eigenvalue weighted by molar-refractivity contribution is 0.161. The molecule has 1 unspecified atom stereocenters. The van der Waals surface area contributed by atoms with Gasteiger partial charge in [0.15, 0.2) is 5.82 Å². The monoisotopic (exact) mass is 290 g/mol. The van der Waals surface area contributed by atoms with Crippen molar-refractivity contribution >= 4 is 0 Å². The zero-order valence-electron chi connectivity index (χ0n) is 12.7. The Balaban J connectivity index is 1.62. The molecule has 0 bridgehead atoms. The predicted molar refractivity (Wildman–Crippen MR) is 76.3 cm³/mol. The molecule has 3 heterocycles. The van der Waals surface area contributed by atoms with Gasteiger partial charge >= 0.3 is 0 Å². The van der Waals surface area contributed by atoms with E-state index in [1.54, 1.807) is 0 Å². The van der Waals surface area contributed by atoms with Crippen molar-refractivity contribution in [3.63, 3.8) is 0 Å². The van der Waals surface area contributed by atoms with Gasteiger partial charge in [-0.15, -0.1) is 15.3 Å². The minimum atomic E-state index is 0.600. The van der Waals surface area contributed by atoms with Crippen molar-refractivity contribution in [1.29, 1.82) is 0 Å². The summed E-state index contributed by atoms with van der Waals surface area (Å²) >= 11 is 0. The molecule has 114 valence electrons. The van der Waals surface area contributed by atoms with Crippen LogP contribution in [0.1, 0.15) is 37.0 Å². The highest BCUT2D eigenvalue weighted by Gasteiger charge is 2.23. The fourth-order valence-corrected chi connectivity index (χ4v) is 3.07.